The van der Waals surface area contributed by atoms with Crippen LogP contribution >= 0.6 is 21.6 Å². The Balaban J connectivity index is 1.17. The van der Waals surface area contributed by atoms with Crippen molar-refractivity contribution in [2.24, 2.45) is 45.8 Å². The summed E-state index contributed by atoms with van der Waals surface area (Å²) in [5.74, 6) is 3.32. The summed E-state index contributed by atoms with van der Waals surface area (Å²) in [7, 11) is 5.79. The molecule has 1 heterocycles. The SMILES string of the molecule is CCc1ccc2cc1N[C@@H]1[C@H](CCC[C@@H]1O)SSC[C@H]1C[C@]3(CC[C@@H]4C[C@H]5[C@@H]6C(O)=C[C@@H](OC)[C@]6(O)[C@]4(C)[C@]53C)C[C@@H]1C2. The second kappa shape index (κ2) is 10.1. The first-order valence-electron chi connectivity index (χ1n) is 17.1. The van der Waals surface area contributed by atoms with Gasteiger partial charge in [0.05, 0.1) is 23.8 Å². The topological polar surface area (TPSA) is 82.0 Å². The molecule has 4 N–H and O–H groups in total. The molecule has 0 radical (unpaired) electrons. The van der Waals surface area contributed by atoms with E-state index in [9.17, 15) is 15.3 Å². The van der Waals surface area contributed by atoms with Crippen molar-refractivity contribution < 1.29 is 20.1 Å². The second-order valence-corrected chi connectivity index (χ2v) is 18.5. The Morgan fingerprint density at radius 2 is 1.91 bits per heavy atom. The average Bonchev–Trinajstić information content (AvgIpc) is 3.57. The van der Waals surface area contributed by atoms with Crippen LogP contribution in [0.2, 0.25) is 0 Å². The maximum atomic E-state index is 12.7. The number of fused-ring (bicyclic) bond motifs is 6. The monoisotopic (exact) mass is 625 g/mol. The Hall–Kier alpha value is -0.860. The van der Waals surface area contributed by atoms with Gasteiger partial charge in [0.25, 0.3) is 0 Å². The number of anilines is 1. The van der Waals surface area contributed by atoms with Gasteiger partial charge in [-0.2, -0.15) is 0 Å². The fourth-order valence-electron chi connectivity index (χ4n) is 12.8. The molecule has 1 aliphatic heterocycles. The van der Waals surface area contributed by atoms with Crippen LogP contribution in [-0.4, -0.2) is 57.3 Å². The smallest absolute Gasteiger partial charge is 0.111 e. The lowest BCUT2D eigenvalue weighted by Crippen LogP contribution is -2.64. The number of hydrogen-bond donors (Lipinski definition) is 4. The highest BCUT2D eigenvalue weighted by Crippen LogP contribution is 2.87. The molecular formula is C36H51NO4S2. The Morgan fingerprint density at radius 3 is 2.70 bits per heavy atom. The molecule has 1 aromatic rings. The molecule has 6 aliphatic carbocycles. The fourth-order valence-corrected chi connectivity index (χ4v) is 16.2. The van der Waals surface area contributed by atoms with E-state index in [1.807, 2.05) is 16.9 Å². The molecule has 0 aromatic heterocycles. The molecule has 1 spiro atoms. The lowest BCUT2D eigenvalue weighted by Gasteiger charge is -2.61. The summed E-state index contributed by atoms with van der Waals surface area (Å²) < 4.78 is 5.93. The molecule has 0 saturated heterocycles. The minimum absolute atomic E-state index is 0.0442. The Labute approximate surface area is 265 Å². The molecule has 0 unspecified atom stereocenters. The first kappa shape index (κ1) is 29.5. The van der Waals surface area contributed by atoms with Gasteiger partial charge in [0, 0.05) is 29.2 Å². The van der Waals surface area contributed by atoms with Crippen LogP contribution in [0.1, 0.15) is 83.3 Å². The van der Waals surface area contributed by atoms with Gasteiger partial charge in [0.2, 0.25) is 0 Å². The molecule has 0 amide bonds. The summed E-state index contributed by atoms with van der Waals surface area (Å²) in [4.78, 5) is 0. The van der Waals surface area contributed by atoms with E-state index in [0.29, 0.717) is 34.7 Å². The van der Waals surface area contributed by atoms with Crippen LogP contribution in [0.3, 0.4) is 0 Å². The van der Waals surface area contributed by atoms with E-state index >= 15 is 0 Å². The van der Waals surface area contributed by atoms with Crippen LogP contribution in [0.5, 0.6) is 0 Å². The Kier molecular flexibility index (Phi) is 6.92. The lowest BCUT2D eigenvalue weighted by molar-refractivity contribution is -0.218. The molecule has 236 valence electrons. The minimum Gasteiger partial charge on any atom is -0.512 e. The number of aliphatic hydroxyl groups is 3. The predicted molar refractivity (Wildman–Crippen MR) is 176 cm³/mol. The standard InChI is InChI=1S/C36H51NO4S2/c1-5-21-10-9-20-13-22-17-35(18-23(22)19-42-43-29-8-6-7-27(38)32(29)37-26(21)14-20)12-11-24-15-25-31-28(39)16-30(41-4)36(31,40)33(24,2)34(25,35)3/h9-10,14,16,22-25,27,29-32,37-40H,5-8,11-13,15,17-19H2,1-4H3/t22-,23+,24+,25-,27-,29-,30+,31+,32-,33-,34-,35-,36+/m0/s1. The third-order valence-corrected chi connectivity index (χ3v) is 17.9. The molecular weight excluding hydrogens is 575 g/mol. The fraction of sp³-hybridized carbons (Fsp3) is 0.778. The van der Waals surface area contributed by atoms with Gasteiger partial charge in [-0.3, -0.25) is 0 Å². The highest BCUT2D eigenvalue weighted by Gasteiger charge is 2.87. The largest absolute Gasteiger partial charge is 0.512 e. The number of ether oxygens (including phenoxy) is 1. The molecule has 6 bridgehead atoms. The quantitative estimate of drug-likeness (QED) is 0.260. The Bertz CT molecular complexity index is 1320. The maximum absolute atomic E-state index is 12.7. The summed E-state index contributed by atoms with van der Waals surface area (Å²) in [5.41, 5.74) is 2.78. The summed E-state index contributed by atoms with van der Waals surface area (Å²) >= 11 is 0. The van der Waals surface area contributed by atoms with Crippen LogP contribution in [0.25, 0.3) is 0 Å². The molecule has 7 heteroatoms. The van der Waals surface area contributed by atoms with Crippen molar-refractivity contribution in [2.75, 3.05) is 18.2 Å². The van der Waals surface area contributed by atoms with Gasteiger partial charge < -0.3 is 25.4 Å². The average molecular weight is 626 g/mol. The highest BCUT2D eigenvalue weighted by atomic mass is 33.1. The van der Waals surface area contributed by atoms with E-state index in [4.69, 9.17) is 4.74 Å². The van der Waals surface area contributed by atoms with Gasteiger partial charge in [-0.25, -0.2) is 0 Å². The van der Waals surface area contributed by atoms with Gasteiger partial charge in [0.1, 0.15) is 11.7 Å². The predicted octanol–water partition coefficient (Wildman–Crippen LogP) is 7.17. The van der Waals surface area contributed by atoms with Gasteiger partial charge in [-0.1, -0.05) is 54.5 Å². The van der Waals surface area contributed by atoms with Crippen molar-refractivity contribution in [2.45, 2.75) is 114 Å². The summed E-state index contributed by atoms with van der Waals surface area (Å²) in [6, 6.07) is 7.20. The molecule has 7 aliphatic rings. The van der Waals surface area contributed by atoms with E-state index < -0.39 is 11.7 Å². The molecule has 5 fully saturated rings. The second-order valence-electron chi connectivity index (χ2n) is 15.9. The number of benzene rings is 1. The van der Waals surface area contributed by atoms with Crippen molar-refractivity contribution in [3.63, 3.8) is 0 Å². The van der Waals surface area contributed by atoms with E-state index in [1.165, 1.54) is 42.5 Å². The number of rotatable bonds is 2. The zero-order valence-electron chi connectivity index (χ0n) is 26.4. The van der Waals surface area contributed by atoms with Crippen LogP contribution < -0.4 is 5.32 Å². The molecule has 5 nitrogen and oxygen atoms in total. The number of hydrogen-bond acceptors (Lipinski definition) is 7. The summed E-state index contributed by atoms with van der Waals surface area (Å²) in [5, 5.41) is 39.4. The maximum Gasteiger partial charge on any atom is 0.111 e. The molecule has 43 heavy (non-hydrogen) atoms. The van der Waals surface area contributed by atoms with Crippen molar-refractivity contribution in [1.82, 2.24) is 0 Å². The third kappa shape index (κ3) is 3.66. The van der Waals surface area contributed by atoms with Crippen molar-refractivity contribution in [1.29, 1.82) is 0 Å². The van der Waals surface area contributed by atoms with Crippen LogP contribution in [0.15, 0.2) is 30.0 Å². The first-order chi connectivity index (χ1) is 20.6. The van der Waals surface area contributed by atoms with E-state index in [2.05, 4.69) is 55.1 Å². The third-order valence-electron chi connectivity index (χ3n) is 14.9. The first-order valence-corrected chi connectivity index (χ1v) is 19.5. The number of aliphatic hydroxyl groups excluding tert-OH is 2. The highest BCUT2D eigenvalue weighted by molar-refractivity contribution is 8.77. The van der Waals surface area contributed by atoms with E-state index in [1.54, 1.807) is 7.11 Å². The van der Waals surface area contributed by atoms with Gasteiger partial charge in [0.15, 0.2) is 0 Å². The molecule has 8 rings (SSSR count). The van der Waals surface area contributed by atoms with Gasteiger partial charge >= 0.3 is 0 Å². The summed E-state index contributed by atoms with van der Waals surface area (Å²) in [6.45, 7) is 7.16. The molecule has 5 saturated carbocycles. The zero-order valence-corrected chi connectivity index (χ0v) is 28.0. The van der Waals surface area contributed by atoms with Crippen molar-refractivity contribution >= 4 is 27.3 Å². The Morgan fingerprint density at radius 1 is 1.09 bits per heavy atom. The number of nitrogens with one attached hydrogen (secondary N) is 1. The van der Waals surface area contributed by atoms with Gasteiger partial charge in [-0.05, 0) is 122 Å². The normalized spacial score (nSPS) is 51.6. The molecule has 13 atom stereocenters. The van der Waals surface area contributed by atoms with Crippen LogP contribution in [0, 0.1) is 45.8 Å². The number of methoxy groups -OCH3 is 1. The van der Waals surface area contributed by atoms with E-state index in [-0.39, 0.29) is 34.3 Å². The van der Waals surface area contributed by atoms with Crippen LogP contribution in [0.4, 0.5) is 5.69 Å². The zero-order chi connectivity index (χ0) is 29.9. The van der Waals surface area contributed by atoms with Crippen molar-refractivity contribution in [3.05, 3.63) is 41.2 Å². The minimum atomic E-state index is -1.04. The van der Waals surface area contributed by atoms with E-state index in [0.717, 1.165) is 44.3 Å². The molecule has 1 aromatic carbocycles. The van der Waals surface area contributed by atoms with Crippen molar-refractivity contribution in [3.8, 4) is 0 Å². The summed E-state index contributed by atoms with van der Waals surface area (Å²) in [6.07, 6.45) is 12.3. The lowest BCUT2D eigenvalue weighted by atomic mass is 9.44. The van der Waals surface area contributed by atoms with Crippen LogP contribution in [-0.2, 0) is 17.6 Å². The van der Waals surface area contributed by atoms with Gasteiger partial charge in [-0.15, -0.1) is 0 Å². The number of aryl methyl sites for hydroxylation is 1.